The number of halogens is 2. The Bertz CT molecular complexity index is 661. The van der Waals surface area contributed by atoms with Crippen LogP contribution in [0.25, 0.3) is 0 Å². The molecule has 1 unspecified atom stereocenters. The maximum absolute atomic E-state index is 6.39. The maximum Gasteiger partial charge on any atom is 0.162 e. The Labute approximate surface area is 138 Å². The molecule has 5 heteroatoms. The molecule has 2 N–H and O–H groups in total. The molecular weight excluding hydrogens is 354 g/mol. The zero-order chi connectivity index (χ0) is 15.6. The van der Waals surface area contributed by atoms with Crippen molar-refractivity contribution in [3.63, 3.8) is 0 Å². The summed E-state index contributed by atoms with van der Waals surface area (Å²) in [6.07, 6.45) is 0. The number of nitrogens with two attached hydrogens (primary N) is 1. The maximum atomic E-state index is 6.39. The molecule has 3 nitrogen and oxygen atoms in total. The van der Waals surface area contributed by atoms with Crippen molar-refractivity contribution in [1.82, 2.24) is 0 Å². The molecule has 0 aliphatic rings. The third-order valence-corrected chi connectivity index (χ3v) is 4.23. The first-order valence-corrected chi connectivity index (χ1v) is 7.58. The smallest absolute Gasteiger partial charge is 0.162 e. The lowest BCUT2D eigenvalue weighted by atomic mass is 9.95. The van der Waals surface area contributed by atoms with Crippen molar-refractivity contribution in [1.29, 1.82) is 0 Å². The van der Waals surface area contributed by atoms with Crippen LogP contribution in [0.3, 0.4) is 0 Å². The van der Waals surface area contributed by atoms with E-state index in [1.54, 1.807) is 20.3 Å². The summed E-state index contributed by atoms with van der Waals surface area (Å²) in [6, 6.07) is 9.22. The van der Waals surface area contributed by atoms with E-state index < -0.39 is 0 Å². The van der Waals surface area contributed by atoms with Gasteiger partial charge in [-0.05, 0) is 41.8 Å². The van der Waals surface area contributed by atoms with Crippen molar-refractivity contribution in [3.8, 4) is 11.5 Å². The lowest BCUT2D eigenvalue weighted by Gasteiger charge is -2.19. The number of hydrogen-bond donors (Lipinski definition) is 1. The Balaban J connectivity index is 2.50. The van der Waals surface area contributed by atoms with Gasteiger partial charge >= 0.3 is 0 Å². The predicted molar refractivity (Wildman–Crippen MR) is 89.5 cm³/mol. The molecule has 0 radical (unpaired) electrons. The van der Waals surface area contributed by atoms with Crippen LogP contribution < -0.4 is 15.2 Å². The molecule has 0 spiro atoms. The first-order valence-electron chi connectivity index (χ1n) is 6.41. The number of hydrogen-bond acceptors (Lipinski definition) is 3. The molecule has 0 aliphatic carbocycles. The van der Waals surface area contributed by atoms with Crippen molar-refractivity contribution in [3.05, 3.63) is 56.5 Å². The first kappa shape index (κ1) is 16.1. The fourth-order valence-corrected chi connectivity index (χ4v) is 3.01. The molecule has 0 aromatic heterocycles. The largest absolute Gasteiger partial charge is 0.493 e. The number of aryl methyl sites for hydroxylation is 1. The van der Waals surface area contributed by atoms with Gasteiger partial charge in [-0.25, -0.2) is 0 Å². The van der Waals surface area contributed by atoms with Crippen LogP contribution in [0, 0.1) is 6.92 Å². The van der Waals surface area contributed by atoms with Crippen LogP contribution in [0.2, 0.25) is 5.02 Å². The highest BCUT2D eigenvalue weighted by molar-refractivity contribution is 9.10. The van der Waals surface area contributed by atoms with Crippen molar-refractivity contribution < 1.29 is 9.47 Å². The van der Waals surface area contributed by atoms with E-state index in [1.165, 1.54) is 0 Å². The molecule has 2 aromatic carbocycles. The number of rotatable bonds is 4. The molecular formula is C16H17BrClNO2. The zero-order valence-corrected chi connectivity index (χ0v) is 14.5. The van der Waals surface area contributed by atoms with Gasteiger partial charge in [0, 0.05) is 15.6 Å². The van der Waals surface area contributed by atoms with Gasteiger partial charge in [0.25, 0.3) is 0 Å². The molecule has 0 aliphatic heterocycles. The second kappa shape index (κ2) is 6.69. The first-order chi connectivity index (χ1) is 9.97. The summed E-state index contributed by atoms with van der Waals surface area (Å²) in [7, 11) is 3.17. The second-order valence-corrected chi connectivity index (χ2v) is 6.03. The van der Waals surface area contributed by atoms with Crippen molar-refractivity contribution in [2.75, 3.05) is 14.2 Å². The summed E-state index contributed by atoms with van der Waals surface area (Å²) in [6.45, 7) is 2.02. The van der Waals surface area contributed by atoms with E-state index >= 15 is 0 Å². The van der Waals surface area contributed by atoms with Crippen LogP contribution >= 0.6 is 27.5 Å². The molecule has 0 bridgehead atoms. The van der Waals surface area contributed by atoms with Crippen molar-refractivity contribution >= 4 is 27.5 Å². The molecule has 2 aromatic rings. The molecule has 0 heterocycles. The molecule has 2 rings (SSSR count). The molecule has 0 amide bonds. The van der Waals surface area contributed by atoms with E-state index in [4.69, 9.17) is 26.8 Å². The molecule has 112 valence electrons. The highest BCUT2D eigenvalue weighted by atomic mass is 79.9. The topological polar surface area (TPSA) is 44.5 Å². The van der Waals surface area contributed by atoms with E-state index in [-0.39, 0.29) is 6.04 Å². The molecule has 0 saturated heterocycles. The van der Waals surface area contributed by atoms with Gasteiger partial charge in [-0.1, -0.05) is 33.6 Å². The third kappa shape index (κ3) is 3.34. The van der Waals surface area contributed by atoms with Gasteiger partial charge in [0.15, 0.2) is 11.5 Å². The minimum Gasteiger partial charge on any atom is -0.493 e. The van der Waals surface area contributed by atoms with E-state index in [0.717, 1.165) is 21.2 Å². The molecule has 21 heavy (non-hydrogen) atoms. The fourth-order valence-electron chi connectivity index (χ4n) is 2.26. The van der Waals surface area contributed by atoms with E-state index in [2.05, 4.69) is 15.9 Å². The zero-order valence-electron chi connectivity index (χ0n) is 12.1. The van der Waals surface area contributed by atoms with Gasteiger partial charge in [0.1, 0.15) is 0 Å². The van der Waals surface area contributed by atoms with Crippen LogP contribution in [0.4, 0.5) is 0 Å². The summed E-state index contributed by atoms with van der Waals surface area (Å²) in [5.74, 6) is 1.20. The molecule has 0 fully saturated rings. The number of benzene rings is 2. The minimum absolute atomic E-state index is 0.328. The van der Waals surface area contributed by atoms with Gasteiger partial charge in [-0.3, -0.25) is 0 Å². The van der Waals surface area contributed by atoms with Gasteiger partial charge < -0.3 is 15.2 Å². The van der Waals surface area contributed by atoms with Crippen LogP contribution in [0.15, 0.2) is 34.8 Å². The number of ether oxygens (including phenoxy) is 2. The summed E-state index contributed by atoms with van der Waals surface area (Å²) in [5.41, 5.74) is 9.31. The van der Waals surface area contributed by atoms with Crippen molar-refractivity contribution in [2.24, 2.45) is 5.73 Å². The second-order valence-electron chi connectivity index (χ2n) is 4.71. The van der Waals surface area contributed by atoms with Crippen LogP contribution in [-0.2, 0) is 0 Å². The minimum atomic E-state index is -0.328. The third-order valence-electron chi connectivity index (χ3n) is 3.40. The average molecular weight is 371 g/mol. The summed E-state index contributed by atoms with van der Waals surface area (Å²) in [5, 5.41) is 0.558. The Kier molecular flexibility index (Phi) is 5.14. The summed E-state index contributed by atoms with van der Waals surface area (Å²) >= 11 is 9.80. The lowest BCUT2D eigenvalue weighted by Crippen LogP contribution is -2.14. The Morgan fingerprint density at radius 3 is 2.24 bits per heavy atom. The van der Waals surface area contributed by atoms with Crippen molar-refractivity contribution in [2.45, 2.75) is 13.0 Å². The quantitative estimate of drug-likeness (QED) is 0.863. The fraction of sp³-hybridized carbons (Fsp3) is 0.250. The molecule has 0 saturated carbocycles. The van der Waals surface area contributed by atoms with E-state index in [1.807, 2.05) is 31.2 Å². The summed E-state index contributed by atoms with van der Waals surface area (Å²) < 4.78 is 11.6. The SMILES string of the molecule is COc1cc(Cl)c(C(N)c2ccc(Br)cc2C)cc1OC. The Hall–Kier alpha value is -1.23. The Morgan fingerprint density at radius 2 is 1.67 bits per heavy atom. The lowest BCUT2D eigenvalue weighted by molar-refractivity contribution is 0.354. The van der Waals surface area contributed by atoms with E-state index in [9.17, 15) is 0 Å². The normalized spacial score (nSPS) is 12.1. The Morgan fingerprint density at radius 1 is 1.05 bits per heavy atom. The van der Waals surface area contributed by atoms with Gasteiger partial charge in [-0.2, -0.15) is 0 Å². The van der Waals surface area contributed by atoms with E-state index in [0.29, 0.717) is 16.5 Å². The van der Waals surface area contributed by atoms with Gasteiger partial charge in [0.05, 0.1) is 20.3 Å². The average Bonchev–Trinajstić information content (AvgIpc) is 2.46. The van der Waals surface area contributed by atoms with Crippen LogP contribution in [0.1, 0.15) is 22.7 Å². The van der Waals surface area contributed by atoms with Gasteiger partial charge in [0.2, 0.25) is 0 Å². The van der Waals surface area contributed by atoms with Crippen LogP contribution in [-0.4, -0.2) is 14.2 Å². The number of methoxy groups -OCH3 is 2. The monoisotopic (exact) mass is 369 g/mol. The van der Waals surface area contributed by atoms with Crippen LogP contribution in [0.5, 0.6) is 11.5 Å². The standard InChI is InChI=1S/C16H17BrClNO2/c1-9-6-10(17)4-5-11(9)16(19)12-7-14(20-2)15(21-3)8-13(12)18/h4-8,16H,19H2,1-3H3. The molecule has 1 atom stereocenters. The highest BCUT2D eigenvalue weighted by Gasteiger charge is 2.18. The summed E-state index contributed by atoms with van der Waals surface area (Å²) in [4.78, 5) is 0. The highest BCUT2D eigenvalue weighted by Crippen LogP contribution is 2.37. The van der Waals surface area contributed by atoms with Gasteiger partial charge in [-0.15, -0.1) is 0 Å². The predicted octanol–water partition coefficient (Wildman–Crippen LogP) is 4.48.